The van der Waals surface area contributed by atoms with E-state index in [-0.39, 0.29) is 22.3 Å². The fraction of sp³-hybridized carbons (Fsp3) is 0. The molecule has 0 aliphatic rings. The number of rotatable bonds is 4. The van der Waals surface area contributed by atoms with Crippen LogP contribution in [-0.4, -0.2) is 16.0 Å². The normalized spacial score (nSPS) is 10.8. The zero-order chi connectivity index (χ0) is 19.7. The maximum absolute atomic E-state index is 13.9. The Morgan fingerprint density at radius 3 is 2.82 bits per heavy atom. The van der Waals surface area contributed by atoms with Crippen LogP contribution in [0, 0.1) is 11.6 Å². The molecule has 0 saturated heterocycles. The average molecular weight is 418 g/mol. The third-order valence-electron chi connectivity index (χ3n) is 3.79. The molecule has 2 aromatic heterocycles. The molecule has 0 fully saturated rings. The molecule has 1 N–H and O–H groups in total. The van der Waals surface area contributed by atoms with Gasteiger partial charge in [0, 0.05) is 10.6 Å². The first kappa shape index (κ1) is 18.3. The molecule has 0 aliphatic heterocycles. The summed E-state index contributed by atoms with van der Waals surface area (Å²) >= 11 is 7.09. The van der Waals surface area contributed by atoms with E-state index >= 15 is 0 Å². The van der Waals surface area contributed by atoms with Gasteiger partial charge in [0.15, 0.2) is 0 Å². The third kappa shape index (κ3) is 3.64. The minimum absolute atomic E-state index is 0.149. The van der Waals surface area contributed by atoms with E-state index in [4.69, 9.17) is 16.1 Å². The predicted octanol–water partition coefficient (Wildman–Crippen LogP) is 5.65. The molecule has 28 heavy (non-hydrogen) atoms. The number of carbonyl (C=O) groups is 1. The monoisotopic (exact) mass is 417 g/mol. The fourth-order valence-electron chi connectivity index (χ4n) is 2.49. The van der Waals surface area contributed by atoms with Crippen molar-refractivity contribution in [1.82, 2.24) is 10.1 Å². The molecule has 4 rings (SSSR count). The second kappa shape index (κ2) is 7.49. The summed E-state index contributed by atoms with van der Waals surface area (Å²) < 4.78 is 32.6. The Hall–Kier alpha value is -3.10. The number of thiophene rings is 1. The first-order chi connectivity index (χ1) is 13.5. The first-order valence-corrected chi connectivity index (χ1v) is 9.21. The molecule has 1 amide bonds. The van der Waals surface area contributed by atoms with Crippen molar-refractivity contribution in [2.75, 3.05) is 5.32 Å². The van der Waals surface area contributed by atoms with Crippen LogP contribution in [0.2, 0.25) is 5.02 Å². The highest BCUT2D eigenvalue weighted by Crippen LogP contribution is 2.34. The molecule has 5 nitrogen and oxygen atoms in total. The number of anilines is 1. The van der Waals surface area contributed by atoms with Crippen molar-refractivity contribution in [2.45, 2.75) is 0 Å². The average Bonchev–Trinajstić information content (AvgIpc) is 3.33. The lowest BCUT2D eigenvalue weighted by Crippen LogP contribution is -2.13. The van der Waals surface area contributed by atoms with Crippen LogP contribution in [0.4, 0.5) is 14.5 Å². The molecule has 0 aliphatic carbocycles. The maximum atomic E-state index is 13.9. The van der Waals surface area contributed by atoms with E-state index in [0.717, 1.165) is 6.07 Å². The molecule has 4 aromatic rings. The highest BCUT2D eigenvalue weighted by atomic mass is 35.5. The molecule has 140 valence electrons. The van der Waals surface area contributed by atoms with Crippen molar-refractivity contribution >= 4 is 34.5 Å². The topological polar surface area (TPSA) is 68.0 Å². The Morgan fingerprint density at radius 1 is 1.14 bits per heavy atom. The first-order valence-electron chi connectivity index (χ1n) is 7.95. The van der Waals surface area contributed by atoms with E-state index in [1.165, 1.54) is 41.7 Å². The summed E-state index contributed by atoms with van der Waals surface area (Å²) in [5, 5.41) is 8.43. The lowest BCUT2D eigenvalue weighted by Gasteiger charge is -2.06. The van der Waals surface area contributed by atoms with E-state index in [0.29, 0.717) is 16.1 Å². The van der Waals surface area contributed by atoms with Gasteiger partial charge in [0.05, 0.1) is 11.3 Å². The molecule has 0 bridgehead atoms. The van der Waals surface area contributed by atoms with Crippen molar-refractivity contribution in [3.05, 3.63) is 76.1 Å². The van der Waals surface area contributed by atoms with Crippen molar-refractivity contribution < 1.29 is 18.1 Å². The smallest absolute Gasteiger partial charge is 0.270 e. The van der Waals surface area contributed by atoms with E-state index in [2.05, 4.69) is 15.5 Å². The largest absolute Gasteiger partial charge is 0.333 e. The minimum Gasteiger partial charge on any atom is -0.333 e. The van der Waals surface area contributed by atoms with Gasteiger partial charge in [-0.25, -0.2) is 8.78 Å². The second-order valence-electron chi connectivity index (χ2n) is 5.68. The van der Waals surface area contributed by atoms with Gasteiger partial charge in [-0.3, -0.25) is 4.79 Å². The number of hydrogen-bond acceptors (Lipinski definition) is 5. The summed E-state index contributed by atoms with van der Waals surface area (Å²) in [6.45, 7) is 0. The summed E-state index contributed by atoms with van der Waals surface area (Å²) in [7, 11) is 0. The molecular formula is C19H10ClF2N3O2S. The van der Waals surface area contributed by atoms with Gasteiger partial charge in [0.25, 0.3) is 11.8 Å². The summed E-state index contributed by atoms with van der Waals surface area (Å²) in [6.07, 6.45) is 0. The van der Waals surface area contributed by atoms with Crippen molar-refractivity contribution in [1.29, 1.82) is 0 Å². The van der Waals surface area contributed by atoms with E-state index < -0.39 is 17.5 Å². The van der Waals surface area contributed by atoms with Gasteiger partial charge < -0.3 is 9.84 Å². The van der Waals surface area contributed by atoms with Crippen LogP contribution in [0.3, 0.4) is 0 Å². The van der Waals surface area contributed by atoms with Crippen LogP contribution in [0.1, 0.15) is 10.4 Å². The van der Waals surface area contributed by atoms with Crippen LogP contribution in [0.5, 0.6) is 0 Å². The molecule has 2 aromatic carbocycles. The number of carbonyl (C=O) groups excluding carboxylic acids is 1. The van der Waals surface area contributed by atoms with Crippen molar-refractivity contribution in [2.24, 2.45) is 0 Å². The van der Waals surface area contributed by atoms with Gasteiger partial charge in [0.2, 0.25) is 5.82 Å². The summed E-state index contributed by atoms with van der Waals surface area (Å²) in [6, 6.07) is 11.1. The standard InChI is InChI=1S/C19H10ClF2N3O2S/c20-11-4-5-14(22)13(9-11)18(26)23-15-6-7-28-16(15)19-24-17(25-27-19)10-2-1-3-12(21)8-10/h1-9H,(H,23,26). The molecule has 2 heterocycles. The van der Waals surface area contributed by atoms with Crippen LogP contribution in [-0.2, 0) is 0 Å². The number of hydrogen-bond donors (Lipinski definition) is 1. The molecule has 0 spiro atoms. The molecule has 0 radical (unpaired) electrons. The summed E-state index contributed by atoms with van der Waals surface area (Å²) in [4.78, 5) is 17.2. The fourth-order valence-corrected chi connectivity index (χ4v) is 3.44. The molecule has 0 atom stereocenters. The number of aromatic nitrogens is 2. The Morgan fingerprint density at radius 2 is 2.00 bits per heavy atom. The number of halogens is 3. The Labute approximate surface area is 166 Å². The molecule has 0 saturated carbocycles. The van der Waals surface area contributed by atoms with Gasteiger partial charge in [-0.05, 0) is 41.8 Å². The second-order valence-corrected chi connectivity index (χ2v) is 7.03. The van der Waals surface area contributed by atoms with Crippen LogP contribution < -0.4 is 5.32 Å². The SMILES string of the molecule is O=C(Nc1ccsc1-c1nc(-c2cccc(F)c2)no1)c1cc(Cl)ccc1F. The van der Waals surface area contributed by atoms with Crippen LogP contribution >= 0.6 is 22.9 Å². The molecule has 9 heteroatoms. The van der Waals surface area contributed by atoms with Crippen LogP contribution in [0.25, 0.3) is 22.2 Å². The van der Waals surface area contributed by atoms with E-state index in [1.54, 1.807) is 17.5 Å². The number of amides is 1. The van der Waals surface area contributed by atoms with Crippen molar-refractivity contribution in [3.63, 3.8) is 0 Å². The molecular weight excluding hydrogens is 408 g/mol. The number of benzene rings is 2. The zero-order valence-electron chi connectivity index (χ0n) is 13.9. The van der Waals surface area contributed by atoms with Crippen molar-refractivity contribution in [3.8, 4) is 22.2 Å². The van der Waals surface area contributed by atoms with Gasteiger partial charge in [0.1, 0.15) is 16.5 Å². The minimum atomic E-state index is -0.690. The predicted molar refractivity (Wildman–Crippen MR) is 102 cm³/mol. The van der Waals surface area contributed by atoms with Gasteiger partial charge in [-0.1, -0.05) is 28.9 Å². The van der Waals surface area contributed by atoms with E-state index in [9.17, 15) is 13.6 Å². The number of nitrogens with zero attached hydrogens (tertiary/aromatic N) is 2. The van der Waals surface area contributed by atoms with Gasteiger partial charge in [-0.2, -0.15) is 4.98 Å². The van der Waals surface area contributed by atoms with Crippen LogP contribution in [0.15, 0.2) is 58.4 Å². The lowest BCUT2D eigenvalue weighted by molar-refractivity contribution is 0.102. The quantitative estimate of drug-likeness (QED) is 0.466. The lowest BCUT2D eigenvalue weighted by atomic mass is 10.2. The molecule has 0 unspecified atom stereocenters. The Bertz CT molecular complexity index is 1180. The summed E-state index contributed by atoms with van der Waals surface area (Å²) in [5.41, 5.74) is 0.651. The van der Waals surface area contributed by atoms with E-state index in [1.807, 2.05) is 0 Å². The van der Waals surface area contributed by atoms with Gasteiger partial charge in [-0.15, -0.1) is 11.3 Å². The Balaban J connectivity index is 1.61. The third-order valence-corrected chi connectivity index (χ3v) is 4.93. The number of nitrogens with one attached hydrogen (secondary N) is 1. The highest BCUT2D eigenvalue weighted by Gasteiger charge is 2.19. The highest BCUT2D eigenvalue weighted by molar-refractivity contribution is 7.14. The van der Waals surface area contributed by atoms with Gasteiger partial charge >= 0.3 is 0 Å². The zero-order valence-corrected chi connectivity index (χ0v) is 15.5. The Kier molecular flexibility index (Phi) is 4.89. The maximum Gasteiger partial charge on any atom is 0.270 e. The summed E-state index contributed by atoms with van der Waals surface area (Å²) in [5.74, 6) is -1.41.